The van der Waals surface area contributed by atoms with Gasteiger partial charge in [0, 0.05) is 18.0 Å². The van der Waals surface area contributed by atoms with Crippen molar-refractivity contribution in [2.75, 3.05) is 13.4 Å². The zero-order chi connectivity index (χ0) is 19.4. The number of aromatic nitrogens is 3. The van der Waals surface area contributed by atoms with E-state index in [2.05, 4.69) is 9.97 Å². The minimum Gasteiger partial charge on any atom is -0.497 e. The Morgan fingerprint density at radius 3 is 2.59 bits per heavy atom. The molecule has 1 aromatic carbocycles. The van der Waals surface area contributed by atoms with E-state index in [1.807, 2.05) is 30.3 Å². The summed E-state index contributed by atoms with van der Waals surface area (Å²) >= 11 is 1.28. The van der Waals surface area contributed by atoms with Crippen LogP contribution in [0.15, 0.2) is 58.6 Å². The van der Waals surface area contributed by atoms with Crippen molar-refractivity contribution in [1.82, 2.24) is 14.5 Å². The third kappa shape index (κ3) is 3.85. The molecule has 0 aliphatic carbocycles. The monoisotopic (exact) mass is 381 g/mol. The number of amidine groups is 1. The van der Waals surface area contributed by atoms with Gasteiger partial charge in [-0.1, -0.05) is 12.1 Å². The summed E-state index contributed by atoms with van der Waals surface area (Å²) in [5, 5.41) is 8.24. The van der Waals surface area contributed by atoms with Crippen molar-refractivity contribution >= 4 is 17.6 Å². The fraction of sp³-hybridized carbons (Fsp3) is 0.158. The first-order valence-corrected chi connectivity index (χ1v) is 9.34. The number of methoxy groups -OCH3 is 1. The van der Waals surface area contributed by atoms with Gasteiger partial charge in [0.15, 0.2) is 0 Å². The molecular formula is C19H19N5O2S. The predicted molar refractivity (Wildman–Crippen MR) is 107 cm³/mol. The van der Waals surface area contributed by atoms with Crippen molar-refractivity contribution in [1.29, 1.82) is 5.41 Å². The lowest BCUT2D eigenvalue weighted by Gasteiger charge is -2.16. The molecule has 7 nitrogen and oxygen atoms in total. The fourth-order valence-electron chi connectivity index (χ4n) is 2.69. The van der Waals surface area contributed by atoms with Gasteiger partial charge < -0.3 is 10.5 Å². The zero-order valence-electron chi connectivity index (χ0n) is 15.0. The van der Waals surface area contributed by atoms with Gasteiger partial charge >= 0.3 is 0 Å². The maximum Gasteiger partial charge on any atom is 0.266 e. The average molecular weight is 381 g/mol. The summed E-state index contributed by atoms with van der Waals surface area (Å²) in [5.41, 5.74) is 7.05. The number of nitrogens with one attached hydrogen (secondary N) is 1. The maximum atomic E-state index is 13.2. The molecule has 0 saturated carbocycles. The van der Waals surface area contributed by atoms with Gasteiger partial charge in [0.1, 0.15) is 28.0 Å². The minimum absolute atomic E-state index is 0.114. The zero-order valence-corrected chi connectivity index (χ0v) is 15.8. The number of hydrogen-bond acceptors (Lipinski definition) is 6. The smallest absolute Gasteiger partial charge is 0.266 e. The van der Waals surface area contributed by atoms with E-state index >= 15 is 0 Å². The highest BCUT2D eigenvalue weighted by atomic mass is 32.2. The summed E-state index contributed by atoms with van der Waals surface area (Å²) in [4.78, 5) is 21.9. The van der Waals surface area contributed by atoms with Gasteiger partial charge in [-0.2, -0.15) is 0 Å². The highest BCUT2D eigenvalue weighted by molar-refractivity contribution is 7.98. The SMILES string of the molecule is COc1ccc(Cn2c(-c3cccnc3)nc(SC)c(C(=N)N)c2=O)cc1. The number of nitrogens with zero attached hydrogens (tertiary/aromatic N) is 3. The highest BCUT2D eigenvalue weighted by Crippen LogP contribution is 2.22. The Kier molecular flexibility index (Phi) is 5.56. The molecule has 0 atom stereocenters. The predicted octanol–water partition coefficient (Wildman–Crippen LogP) is 2.37. The quantitative estimate of drug-likeness (QED) is 0.294. The first-order chi connectivity index (χ1) is 13.0. The molecule has 2 aromatic heterocycles. The van der Waals surface area contributed by atoms with E-state index in [9.17, 15) is 4.79 Å². The van der Waals surface area contributed by atoms with Crippen molar-refractivity contribution in [2.24, 2.45) is 5.73 Å². The highest BCUT2D eigenvalue weighted by Gasteiger charge is 2.19. The topological polar surface area (TPSA) is 107 Å². The van der Waals surface area contributed by atoms with Gasteiger partial charge in [0.05, 0.1) is 13.7 Å². The molecule has 0 saturated heterocycles. The lowest BCUT2D eigenvalue weighted by molar-refractivity contribution is 0.414. The van der Waals surface area contributed by atoms with E-state index in [-0.39, 0.29) is 23.5 Å². The molecule has 3 rings (SSSR count). The molecule has 0 aliphatic heterocycles. The summed E-state index contributed by atoms with van der Waals surface area (Å²) in [6.07, 6.45) is 5.12. The summed E-state index contributed by atoms with van der Waals surface area (Å²) in [7, 11) is 1.60. The number of rotatable bonds is 6. The number of hydrogen-bond donors (Lipinski definition) is 2. The van der Waals surface area contributed by atoms with Crippen LogP contribution in [0.25, 0.3) is 11.4 Å². The van der Waals surface area contributed by atoms with Crippen LogP contribution < -0.4 is 16.0 Å². The number of nitrogens with two attached hydrogens (primary N) is 1. The lowest BCUT2D eigenvalue weighted by Crippen LogP contribution is -2.33. The van der Waals surface area contributed by atoms with Crippen molar-refractivity contribution < 1.29 is 4.74 Å². The number of ether oxygens (including phenoxy) is 1. The van der Waals surface area contributed by atoms with Crippen LogP contribution in [0.5, 0.6) is 5.75 Å². The fourth-order valence-corrected chi connectivity index (χ4v) is 3.27. The first kappa shape index (κ1) is 18.7. The molecule has 0 amide bonds. The Balaban J connectivity index is 2.20. The molecule has 0 aliphatic rings. The van der Waals surface area contributed by atoms with Crippen LogP contribution in [0, 0.1) is 5.41 Å². The van der Waals surface area contributed by atoms with E-state index < -0.39 is 0 Å². The summed E-state index contributed by atoms with van der Waals surface area (Å²) in [6, 6.07) is 11.1. The van der Waals surface area contributed by atoms with Gasteiger partial charge in [0.25, 0.3) is 5.56 Å². The number of nitrogen functional groups attached to an aromatic ring is 1. The molecule has 8 heteroatoms. The maximum absolute atomic E-state index is 13.2. The molecule has 0 spiro atoms. The molecule has 0 unspecified atom stereocenters. The van der Waals surface area contributed by atoms with Crippen LogP contribution >= 0.6 is 11.8 Å². The molecular weight excluding hydrogens is 362 g/mol. The minimum atomic E-state index is -0.350. The summed E-state index contributed by atoms with van der Waals surface area (Å²) in [5.74, 6) is 0.926. The van der Waals surface area contributed by atoms with Gasteiger partial charge in [-0.15, -0.1) is 11.8 Å². The van der Waals surface area contributed by atoms with Crippen LogP contribution in [0.4, 0.5) is 0 Å². The third-order valence-corrected chi connectivity index (χ3v) is 4.70. The Hall–Kier alpha value is -3.13. The molecule has 3 N–H and O–H groups in total. The average Bonchev–Trinajstić information content (AvgIpc) is 2.70. The van der Waals surface area contributed by atoms with Gasteiger partial charge in [-0.3, -0.25) is 19.8 Å². The summed E-state index contributed by atoms with van der Waals surface area (Å²) in [6.45, 7) is 0.287. The Bertz CT molecular complexity index is 1020. The second-order valence-electron chi connectivity index (χ2n) is 5.71. The van der Waals surface area contributed by atoms with Crippen LogP contribution in [0.1, 0.15) is 11.1 Å². The van der Waals surface area contributed by atoms with Crippen molar-refractivity contribution in [3.05, 3.63) is 70.3 Å². The molecule has 27 heavy (non-hydrogen) atoms. The second kappa shape index (κ2) is 8.05. The van der Waals surface area contributed by atoms with Gasteiger partial charge in [-0.25, -0.2) is 4.98 Å². The van der Waals surface area contributed by atoms with E-state index in [1.165, 1.54) is 16.3 Å². The normalized spacial score (nSPS) is 10.6. The Morgan fingerprint density at radius 2 is 2.04 bits per heavy atom. The number of thioether (sulfide) groups is 1. The molecule has 0 fully saturated rings. The largest absolute Gasteiger partial charge is 0.497 e. The van der Waals surface area contributed by atoms with E-state index in [0.29, 0.717) is 16.4 Å². The summed E-state index contributed by atoms with van der Waals surface area (Å²) < 4.78 is 6.70. The van der Waals surface area contributed by atoms with Crippen molar-refractivity contribution in [3.63, 3.8) is 0 Å². The van der Waals surface area contributed by atoms with E-state index in [0.717, 1.165) is 11.3 Å². The van der Waals surface area contributed by atoms with Crippen LogP contribution in [-0.2, 0) is 6.54 Å². The molecule has 138 valence electrons. The van der Waals surface area contributed by atoms with Crippen LogP contribution in [-0.4, -0.2) is 33.7 Å². The van der Waals surface area contributed by atoms with Crippen molar-refractivity contribution in [2.45, 2.75) is 11.6 Å². The molecule has 0 radical (unpaired) electrons. The number of pyridine rings is 1. The standard InChI is InChI=1S/C19H19N5O2S/c1-26-14-7-5-12(6-8-14)11-24-17(13-4-3-9-22-10-13)23-18(27-2)15(16(20)21)19(24)25/h3-10H,11H2,1-2H3,(H3,20,21). The molecule has 3 aromatic rings. The molecule has 2 heterocycles. The Morgan fingerprint density at radius 1 is 1.30 bits per heavy atom. The Labute approximate surface area is 160 Å². The lowest BCUT2D eigenvalue weighted by atomic mass is 10.2. The first-order valence-electron chi connectivity index (χ1n) is 8.11. The van der Waals surface area contributed by atoms with Crippen molar-refractivity contribution in [3.8, 4) is 17.1 Å². The number of benzene rings is 1. The third-order valence-electron chi connectivity index (χ3n) is 4.02. The van der Waals surface area contributed by atoms with E-state index in [4.69, 9.17) is 15.9 Å². The van der Waals surface area contributed by atoms with Gasteiger partial charge in [0.2, 0.25) is 0 Å². The van der Waals surface area contributed by atoms with Crippen LogP contribution in [0.2, 0.25) is 0 Å². The van der Waals surface area contributed by atoms with E-state index in [1.54, 1.807) is 31.8 Å². The molecule has 0 bridgehead atoms. The van der Waals surface area contributed by atoms with Gasteiger partial charge in [-0.05, 0) is 36.1 Å². The van der Waals surface area contributed by atoms with Crippen LogP contribution in [0.3, 0.4) is 0 Å². The second-order valence-corrected chi connectivity index (χ2v) is 6.51.